The van der Waals surface area contributed by atoms with Crippen LogP contribution in [0.4, 0.5) is 9.93 Å². The highest BCUT2D eigenvalue weighted by molar-refractivity contribution is 7.22. The number of aliphatic hydroxyl groups excluding tert-OH is 1. The minimum atomic E-state index is -0.812. The summed E-state index contributed by atoms with van der Waals surface area (Å²) in [4.78, 5) is 48.0. The average Bonchev–Trinajstić information content (AvgIpc) is 3.52. The molecule has 0 radical (unpaired) electrons. The molecule has 2 aliphatic heterocycles. The standard InChI is InChI=1S/C28H31N7O5S/c1-3-11-33(28(39)30-2)34-17-24(37)35-21(14-18-7-9-20(10-8-18)40-13-12-36)26(38)32(16-23(34)35)15-19-5-4-6-22-25(19)31-27(29)41-22/h1,4-10,21,23,36H,11-17H2,2H3,(H2,29,31)(H,30,39)/t21-,23+/m0/s1. The molecule has 214 valence electrons. The topological polar surface area (TPSA) is 145 Å². The molecule has 0 bridgehead atoms. The van der Waals surface area contributed by atoms with Crippen molar-refractivity contribution in [3.05, 3.63) is 53.6 Å². The van der Waals surface area contributed by atoms with Crippen LogP contribution in [0.15, 0.2) is 42.5 Å². The number of nitrogen functional groups attached to an aromatic ring is 1. The highest BCUT2D eigenvalue weighted by Crippen LogP contribution is 2.32. The zero-order valence-electron chi connectivity index (χ0n) is 22.5. The Morgan fingerprint density at radius 1 is 1.29 bits per heavy atom. The fourth-order valence-electron chi connectivity index (χ4n) is 5.35. The lowest BCUT2D eigenvalue weighted by Gasteiger charge is -2.46. The molecule has 13 heteroatoms. The summed E-state index contributed by atoms with van der Waals surface area (Å²) in [7, 11) is 1.50. The number of hydrazine groups is 1. The highest BCUT2D eigenvalue weighted by Gasteiger charge is 2.52. The smallest absolute Gasteiger partial charge is 0.332 e. The molecule has 0 unspecified atom stereocenters. The maximum Gasteiger partial charge on any atom is 0.332 e. The number of urea groups is 1. The zero-order chi connectivity index (χ0) is 29.1. The molecule has 2 fully saturated rings. The molecule has 0 aliphatic carbocycles. The van der Waals surface area contributed by atoms with Crippen molar-refractivity contribution < 1.29 is 24.2 Å². The van der Waals surface area contributed by atoms with Crippen LogP contribution < -0.4 is 15.8 Å². The molecule has 3 heterocycles. The number of para-hydroxylation sites is 1. The van der Waals surface area contributed by atoms with E-state index in [2.05, 4.69) is 16.2 Å². The second-order valence-electron chi connectivity index (χ2n) is 9.67. The Kier molecular flexibility index (Phi) is 8.25. The van der Waals surface area contributed by atoms with Gasteiger partial charge in [0.1, 0.15) is 24.6 Å². The molecule has 4 amide bonds. The fraction of sp³-hybridized carbons (Fsp3) is 0.357. The van der Waals surface area contributed by atoms with E-state index in [1.165, 1.54) is 23.4 Å². The number of benzene rings is 2. The largest absolute Gasteiger partial charge is 0.491 e. The van der Waals surface area contributed by atoms with Crippen LogP contribution >= 0.6 is 11.3 Å². The number of hydrogen-bond acceptors (Lipinski definition) is 9. The summed E-state index contributed by atoms with van der Waals surface area (Å²) in [6.07, 6.45) is 5.22. The molecule has 0 spiro atoms. The van der Waals surface area contributed by atoms with E-state index in [0.717, 1.165) is 21.3 Å². The summed E-state index contributed by atoms with van der Waals surface area (Å²) in [6.45, 7) is 0.365. The van der Waals surface area contributed by atoms with Gasteiger partial charge in [-0.05, 0) is 29.3 Å². The van der Waals surface area contributed by atoms with E-state index in [0.29, 0.717) is 10.9 Å². The first-order valence-corrected chi connectivity index (χ1v) is 13.9. The van der Waals surface area contributed by atoms with Crippen molar-refractivity contribution in [3.8, 4) is 18.1 Å². The van der Waals surface area contributed by atoms with Crippen molar-refractivity contribution >= 4 is 44.5 Å². The Morgan fingerprint density at radius 3 is 2.78 bits per heavy atom. The Bertz CT molecular complexity index is 1490. The van der Waals surface area contributed by atoms with E-state index in [1.54, 1.807) is 26.9 Å². The predicted octanol–water partition coefficient (Wildman–Crippen LogP) is 0.863. The lowest BCUT2D eigenvalue weighted by Crippen LogP contribution is -2.66. The Hall–Kier alpha value is -4.38. The van der Waals surface area contributed by atoms with Gasteiger partial charge < -0.3 is 30.7 Å². The van der Waals surface area contributed by atoms with E-state index in [9.17, 15) is 14.4 Å². The second kappa shape index (κ2) is 12.0. The third kappa shape index (κ3) is 5.62. The molecule has 5 rings (SSSR count). The molecule has 4 N–H and O–H groups in total. The SMILES string of the molecule is C#CCN(C(=O)NC)N1CC(=O)N2[C@@H](Cc3ccc(OCCO)cc3)C(=O)N(Cc3cccc4sc(N)nc34)C[C@@H]21. The second-order valence-corrected chi connectivity index (χ2v) is 10.7. The quantitative estimate of drug-likeness (QED) is 0.318. The molecular weight excluding hydrogens is 546 g/mol. The van der Waals surface area contributed by atoms with Gasteiger partial charge in [0.05, 0.1) is 36.5 Å². The number of fused-ring (bicyclic) bond motifs is 2. The molecule has 3 aromatic rings. The number of piperazine rings is 1. The van der Waals surface area contributed by atoms with Crippen molar-refractivity contribution in [1.29, 1.82) is 0 Å². The van der Waals surface area contributed by atoms with Gasteiger partial charge in [0.2, 0.25) is 11.8 Å². The van der Waals surface area contributed by atoms with E-state index in [1.807, 2.05) is 30.3 Å². The first-order chi connectivity index (χ1) is 19.8. The Balaban J connectivity index is 1.49. The van der Waals surface area contributed by atoms with Gasteiger partial charge in [0.15, 0.2) is 5.13 Å². The number of nitrogens with zero attached hydrogens (tertiary/aromatic N) is 5. The number of ether oxygens (including phenoxy) is 1. The van der Waals surface area contributed by atoms with E-state index >= 15 is 0 Å². The summed E-state index contributed by atoms with van der Waals surface area (Å²) >= 11 is 1.38. The molecule has 2 aliphatic rings. The molecule has 2 atom stereocenters. The number of thiazole rings is 1. The summed E-state index contributed by atoms with van der Waals surface area (Å²) in [5.41, 5.74) is 8.37. The summed E-state index contributed by atoms with van der Waals surface area (Å²) in [5.74, 6) is 2.60. The van der Waals surface area contributed by atoms with Crippen LogP contribution in [0.25, 0.3) is 10.2 Å². The van der Waals surface area contributed by atoms with Crippen LogP contribution in [0.5, 0.6) is 5.75 Å². The minimum absolute atomic E-state index is 0.0391. The fourth-order valence-corrected chi connectivity index (χ4v) is 6.13. The first-order valence-electron chi connectivity index (χ1n) is 13.1. The number of carbonyl (C=O) groups is 3. The highest BCUT2D eigenvalue weighted by atomic mass is 32.1. The monoisotopic (exact) mass is 577 g/mol. The van der Waals surface area contributed by atoms with Gasteiger partial charge in [-0.2, -0.15) is 5.01 Å². The van der Waals surface area contributed by atoms with Crippen molar-refractivity contribution in [2.24, 2.45) is 0 Å². The molecular formula is C28H31N7O5S. The molecule has 41 heavy (non-hydrogen) atoms. The number of anilines is 1. The van der Waals surface area contributed by atoms with Crippen molar-refractivity contribution in [3.63, 3.8) is 0 Å². The minimum Gasteiger partial charge on any atom is -0.491 e. The van der Waals surface area contributed by atoms with Gasteiger partial charge in [-0.25, -0.2) is 14.8 Å². The van der Waals surface area contributed by atoms with Gasteiger partial charge in [0, 0.05) is 20.0 Å². The van der Waals surface area contributed by atoms with Gasteiger partial charge in [-0.1, -0.05) is 41.5 Å². The Labute approximate surface area is 241 Å². The molecule has 12 nitrogen and oxygen atoms in total. The molecule has 2 saturated heterocycles. The number of terminal acetylenes is 1. The van der Waals surface area contributed by atoms with Crippen LogP contribution in [0, 0.1) is 12.3 Å². The van der Waals surface area contributed by atoms with Crippen LogP contribution in [0.1, 0.15) is 11.1 Å². The number of rotatable bonds is 9. The summed E-state index contributed by atoms with van der Waals surface area (Å²) < 4.78 is 6.37. The summed E-state index contributed by atoms with van der Waals surface area (Å²) in [6, 6.07) is 11.7. The third-order valence-electron chi connectivity index (χ3n) is 7.16. The number of amides is 4. The normalized spacial score (nSPS) is 18.9. The van der Waals surface area contributed by atoms with Crippen LogP contribution in [-0.2, 0) is 22.6 Å². The maximum absolute atomic E-state index is 14.1. The van der Waals surface area contributed by atoms with Gasteiger partial charge in [-0.3, -0.25) is 9.59 Å². The number of aromatic nitrogens is 1. The molecule has 1 aromatic heterocycles. The number of nitrogens with two attached hydrogens (primary N) is 1. The maximum atomic E-state index is 14.1. The third-order valence-corrected chi connectivity index (χ3v) is 8.01. The number of nitrogens with one attached hydrogen (secondary N) is 1. The first kappa shape index (κ1) is 28.2. The van der Waals surface area contributed by atoms with Gasteiger partial charge in [0.25, 0.3) is 0 Å². The van der Waals surface area contributed by atoms with E-state index < -0.39 is 18.2 Å². The van der Waals surface area contributed by atoms with Crippen molar-refractivity contribution in [2.45, 2.75) is 25.2 Å². The van der Waals surface area contributed by atoms with E-state index in [4.69, 9.17) is 22.0 Å². The predicted molar refractivity (Wildman–Crippen MR) is 153 cm³/mol. The zero-order valence-corrected chi connectivity index (χ0v) is 23.3. The molecule has 2 aromatic carbocycles. The van der Waals surface area contributed by atoms with Gasteiger partial charge in [-0.15, -0.1) is 6.42 Å². The number of hydrogen-bond donors (Lipinski definition) is 3. The average molecular weight is 578 g/mol. The van der Waals surface area contributed by atoms with E-state index in [-0.39, 0.29) is 57.6 Å². The van der Waals surface area contributed by atoms with Crippen LogP contribution in [0.2, 0.25) is 0 Å². The van der Waals surface area contributed by atoms with Gasteiger partial charge >= 0.3 is 6.03 Å². The van der Waals surface area contributed by atoms with Crippen LogP contribution in [0.3, 0.4) is 0 Å². The molecule has 0 saturated carbocycles. The lowest BCUT2D eigenvalue weighted by molar-refractivity contribution is -0.157. The number of carbonyl (C=O) groups excluding carboxylic acids is 3. The van der Waals surface area contributed by atoms with Crippen molar-refractivity contribution in [2.75, 3.05) is 45.6 Å². The van der Waals surface area contributed by atoms with Crippen LogP contribution in [-0.4, -0.2) is 99.9 Å². The Morgan fingerprint density at radius 2 is 2.07 bits per heavy atom. The lowest BCUT2D eigenvalue weighted by atomic mass is 9.99. The van der Waals surface area contributed by atoms with Crippen molar-refractivity contribution in [1.82, 2.24) is 30.1 Å². The number of aliphatic hydroxyl groups is 1. The summed E-state index contributed by atoms with van der Waals surface area (Å²) in [5, 5.41) is 15.0.